The maximum absolute atomic E-state index is 12.6. The maximum Gasteiger partial charge on any atom is 0.276 e. The molecule has 4 aromatic rings. The molecule has 0 saturated carbocycles. The van der Waals surface area contributed by atoms with Gasteiger partial charge in [0.2, 0.25) is 5.95 Å². The van der Waals surface area contributed by atoms with Gasteiger partial charge in [-0.15, -0.1) is 5.10 Å². The summed E-state index contributed by atoms with van der Waals surface area (Å²) in [5.41, 5.74) is 1.12. The zero-order valence-electron chi connectivity index (χ0n) is 15.9. The van der Waals surface area contributed by atoms with E-state index < -0.39 is 5.91 Å². The Bertz CT molecular complexity index is 1210. The van der Waals surface area contributed by atoms with Crippen molar-refractivity contribution in [1.29, 1.82) is 0 Å². The quantitative estimate of drug-likeness (QED) is 0.414. The molecule has 0 aliphatic heterocycles. The molecule has 8 nitrogen and oxygen atoms in total. The van der Waals surface area contributed by atoms with Crippen LogP contribution in [0.4, 0.5) is 5.95 Å². The highest BCUT2D eigenvalue weighted by Gasteiger charge is 2.15. The van der Waals surface area contributed by atoms with Crippen LogP contribution < -0.4 is 10.1 Å². The van der Waals surface area contributed by atoms with Gasteiger partial charge in [-0.3, -0.25) is 10.1 Å². The number of hydrogen-bond donors (Lipinski definition) is 1. The largest absolute Gasteiger partial charge is 0.471 e. The number of nitrogens with zero attached hydrogens (tertiary/aromatic N) is 5. The number of carbonyl (C=O) groups excluding carboxylic acids is 1. The Hall–Kier alpha value is -3.07. The van der Waals surface area contributed by atoms with Gasteiger partial charge < -0.3 is 4.74 Å². The topological polar surface area (TPSA) is 86.9 Å². The second-order valence-electron chi connectivity index (χ2n) is 6.40. The van der Waals surface area contributed by atoms with Crippen molar-refractivity contribution in [3.8, 4) is 5.75 Å². The van der Waals surface area contributed by atoms with Crippen LogP contribution in [-0.4, -0.2) is 30.5 Å². The molecule has 2 aromatic heterocycles. The van der Waals surface area contributed by atoms with Gasteiger partial charge in [0.05, 0.1) is 6.54 Å². The molecule has 1 amide bonds. The van der Waals surface area contributed by atoms with E-state index in [2.05, 4.69) is 20.5 Å². The van der Waals surface area contributed by atoms with Gasteiger partial charge in [-0.1, -0.05) is 40.9 Å². The van der Waals surface area contributed by atoms with Crippen molar-refractivity contribution in [2.24, 2.45) is 0 Å². The lowest BCUT2D eigenvalue weighted by molar-refractivity contribution is 0.100. The van der Waals surface area contributed by atoms with Crippen LogP contribution in [0, 0.1) is 0 Å². The monoisotopic (exact) mass is 476 g/mol. The first-order chi connectivity index (χ1) is 15.0. The number of rotatable bonds is 7. The molecule has 0 aliphatic carbocycles. The molecule has 0 atom stereocenters. The third kappa shape index (κ3) is 5.35. The summed E-state index contributed by atoms with van der Waals surface area (Å²) in [6, 6.07) is 13.7. The zero-order chi connectivity index (χ0) is 21.8. The number of amides is 1. The van der Waals surface area contributed by atoms with Crippen molar-refractivity contribution >= 4 is 46.7 Å². The van der Waals surface area contributed by atoms with Crippen LogP contribution in [0.25, 0.3) is 0 Å². The molecular formula is C20H15Cl3N6O2. The smallest absolute Gasteiger partial charge is 0.276 e. The average Bonchev–Trinajstić information content (AvgIpc) is 3.39. The molecule has 158 valence electrons. The fourth-order valence-electron chi connectivity index (χ4n) is 2.71. The first-order valence-electron chi connectivity index (χ1n) is 9.03. The second kappa shape index (κ2) is 9.38. The Morgan fingerprint density at radius 3 is 2.58 bits per heavy atom. The van der Waals surface area contributed by atoms with Crippen LogP contribution in [0.2, 0.25) is 15.1 Å². The fraction of sp³-hybridized carbons (Fsp3) is 0.100. The molecule has 1 N–H and O–H groups in total. The number of anilines is 1. The van der Waals surface area contributed by atoms with E-state index in [0.29, 0.717) is 33.1 Å². The van der Waals surface area contributed by atoms with Crippen molar-refractivity contribution in [1.82, 2.24) is 24.5 Å². The first kappa shape index (κ1) is 21.2. The van der Waals surface area contributed by atoms with Gasteiger partial charge in [0.1, 0.15) is 17.8 Å². The molecular weight excluding hydrogens is 463 g/mol. The van der Waals surface area contributed by atoms with Gasteiger partial charge in [0.25, 0.3) is 5.91 Å². The van der Waals surface area contributed by atoms with E-state index in [9.17, 15) is 4.79 Å². The van der Waals surface area contributed by atoms with E-state index in [0.717, 1.165) is 5.56 Å². The van der Waals surface area contributed by atoms with Crippen LogP contribution in [0.1, 0.15) is 16.1 Å². The zero-order valence-corrected chi connectivity index (χ0v) is 18.1. The number of nitrogens with one attached hydrogen (secondary N) is 1. The maximum atomic E-state index is 12.6. The highest BCUT2D eigenvalue weighted by molar-refractivity contribution is 6.35. The summed E-state index contributed by atoms with van der Waals surface area (Å²) in [7, 11) is 0. The van der Waals surface area contributed by atoms with Crippen molar-refractivity contribution in [3.05, 3.63) is 87.4 Å². The Kier molecular flexibility index (Phi) is 6.41. The third-order valence-electron chi connectivity index (χ3n) is 4.23. The van der Waals surface area contributed by atoms with E-state index >= 15 is 0 Å². The molecule has 0 radical (unpaired) electrons. The fourth-order valence-corrected chi connectivity index (χ4v) is 3.31. The molecule has 0 unspecified atom stereocenters. The summed E-state index contributed by atoms with van der Waals surface area (Å²) in [6.45, 7) is 0.431. The number of hydrogen-bond acceptors (Lipinski definition) is 5. The number of carbonyl (C=O) groups is 1. The van der Waals surface area contributed by atoms with E-state index in [1.807, 2.05) is 6.07 Å². The van der Waals surface area contributed by atoms with Gasteiger partial charge in [0, 0.05) is 21.3 Å². The lowest BCUT2D eigenvalue weighted by Crippen LogP contribution is -2.20. The van der Waals surface area contributed by atoms with Crippen molar-refractivity contribution in [2.75, 3.05) is 5.32 Å². The number of aromatic nitrogens is 5. The molecule has 11 heteroatoms. The predicted molar refractivity (Wildman–Crippen MR) is 118 cm³/mol. The minimum absolute atomic E-state index is 0.0499. The van der Waals surface area contributed by atoms with Crippen molar-refractivity contribution < 1.29 is 9.53 Å². The number of halogens is 3. The molecule has 2 aromatic carbocycles. The Morgan fingerprint density at radius 1 is 1.03 bits per heavy atom. The molecule has 0 spiro atoms. The molecule has 31 heavy (non-hydrogen) atoms. The summed E-state index contributed by atoms with van der Waals surface area (Å²) >= 11 is 18.0. The minimum Gasteiger partial charge on any atom is -0.471 e. The Balaban J connectivity index is 1.39. The van der Waals surface area contributed by atoms with E-state index in [-0.39, 0.29) is 12.7 Å². The Labute approximate surface area is 192 Å². The summed E-state index contributed by atoms with van der Waals surface area (Å²) in [5, 5.41) is 12.7. The van der Waals surface area contributed by atoms with Crippen LogP contribution in [0.3, 0.4) is 0 Å². The number of ether oxygens (including phenoxy) is 1. The molecule has 0 fully saturated rings. The molecule has 2 heterocycles. The van der Waals surface area contributed by atoms with Crippen LogP contribution in [0.5, 0.6) is 5.75 Å². The normalized spacial score (nSPS) is 10.8. The van der Waals surface area contributed by atoms with E-state index in [1.165, 1.54) is 17.2 Å². The minimum atomic E-state index is -0.417. The average molecular weight is 478 g/mol. The van der Waals surface area contributed by atoms with Gasteiger partial charge in [-0.25, -0.2) is 14.3 Å². The highest BCUT2D eigenvalue weighted by atomic mass is 35.5. The van der Waals surface area contributed by atoms with Crippen LogP contribution in [0.15, 0.2) is 61.1 Å². The standard InChI is InChI=1S/C20H15Cl3N6O2/c21-14-3-5-16(6-4-14)31-12-29-18(7-8-25-29)19(30)26-20-24-11-28(27-20)10-13-1-2-15(22)9-17(13)23/h1-9,11H,10,12H2,(H,26,27,30). The summed E-state index contributed by atoms with van der Waals surface area (Å²) < 4.78 is 8.63. The summed E-state index contributed by atoms with van der Waals surface area (Å²) in [6.07, 6.45) is 3.01. The van der Waals surface area contributed by atoms with Gasteiger partial charge in [-0.2, -0.15) is 5.10 Å². The van der Waals surface area contributed by atoms with Crippen molar-refractivity contribution in [3.63, 3.8) is 0 Å². The molecule has 4 rings (SSSR count). The molecule has 0 saturated heterocycles. The molecule has 0 bridgehead atoms. The SMILES string of the molecule is O=C(Nc1ncn(Cc2ccc(Cl)cc2Cl)n1)c1ccnn1COc1ccc(Cl)cc1. The predicted octanol–water partition coefficient (Wildman–Crippen LogP) is 4.77. The lowest BCUT2D eigenvalue weighted by Gasteiger charge is -2.09. The Morgan fingerprint density at radius 2 is 1.81 bits per heavy atom. The molecule has 0 aliphatic rings. The highest BCUT2D eigenvalue weighted by Crippen LogP contribution is 2.21. The van der Waals surface area contributed by atoms with E-state index in [1.54, 1.807) is 47.1 Å². The van der Waals surface area contributed by atoms with Crippen LogP contribution in [-0.2, 0) is 13.3 Å². The van der Waals surface area contributed by atoms with Gasteiger partial charge in [-0.05, 0) is 48.0 Å². The van der Waals surface area contributed by atoms with Crippen molar-refractivity contribution in [2.45, 2.75) is 13.3 Å². The van der Waals surface area contributed by atoms with Gasteiger partial charge in [0.15, 0.2) is 6.73 Å². The van der Waals surface area contributed by atoms with E-state index in [4.69, 9.17) is 39.5 Å². The summed E-state index contributed by atoms with van der Waals surface area (Å²) in [4.78, 5) is 16.8. The van der Waals surface area contributed by atoms with Gasteiger partial charge >= 0.3 is 0 Å². The summed E-state index contributed by atoms with van der Waals surface area (Å²) in [5.74, 6) is 0.341. The second-order valence-corrected chi connectivity index (χ2v) is 7.68. The van der Waals surface area contributed by atoms with Crippen LogP contribution >= 0.6 is 34.8 Å². The lowest BCUT2D eigenvalue weighted by atomic mass is 10.2. The third-order valence-corrected chi connectivity index (χ3v) is 5.06. The first-order valence-corrected chi connectivity index (χ1v) is 10.2. The number of benzene rings is 2.